The Hall–Kier alpha value is -0.280. The smallest absolute Gasteiger partial charge is 0.133 e. The number of hydrogen-bond acceptors (Lipinski definition) is 7. The molecule has 0 bridgehead atoms. The lowest BCUT2D eigenvalue weighted by atomic mass is 9.96. The van der Waals surface area contributed by atoms with E-state index in [1.165, 1.54) is 0 Å². The highest BCUT2D eigenvalue weighted by Gasteiger charge is 2.36. The van der Waals surface area contributed by atoms with Crippen LogP contribution in [0.5, 0.6) is 0 Å². The maximum absolute atomic E-state index is 9.81. The SMILES string of the molecule is CCCCCCNC(O)[C@@H](O)[C@@H](O)[C@H](O)[C@@H](O)C(O)CCC. The van der Waals surface area contributed by atoms with Gasteiger partial charge < -0.3 is 30.6 Å². The van der Waals surface area contributed by atoms with Crippen LogP contribution in [-0.2, 0) is 0 Å². The zero-order valence-corrected chi connectivity index (χ0v) is 13.6. The highest BCUT2D eigenvalue weighted by atomic mass is 16.4. The number of unbranched alkanes of at least 4 members (excludes halogenated alkanes) is 3. The molecule has 0 radical (unpaired) electrons. The van der Waals surface area contributed by atoms with Gasteiger partial charge in [-0.25, -0.2) is 0 Å². The van der Waals surface area contributed by atoms with Gasteiger partial charge in [0.2, 0.25) is 0 Å². The summed E-state index contributed by atoms with van der Waals surface area (Å²) in [6, 6.07) is 0. The van der Waals surface area contributed by atoms with Gasteiger partial charge >= 0.3 is 0 Å². The maximum atomic E-state index is 9.81. The Morgan fingerprint density at radius 2 is 1.27 bits per heavy atom. The van der Waals surface area contributed by atoms with Crippen LogP contribution in [0.25, 0.3) is 0 Å². The van der Waals surface area contributed by atoms with Crippen molar-refractivity contribution in [2.45, 2.75) is 89.1 Å². The Balaban J connectivity index is 4.23. The molecule has 2 unspecified atom stereocenters. The quantitative estimate of drug-likeness (QED) is 0.172. The predicted molar refractivity (Wildman–Crippen MR) is 83.1 cm³/mol. The van der Waals surface area contributed by atoms with E-state index in [0.29, 0.717) is 13.0 Å². The second-order valence-electron chi connectivity index (χ2n) is 5.78. The normalized spacial score (nSPS) is 20.2. The van der Waals surface area contributed by atoms with E-state index in [1.807, 2.05) is 0 Å². The van der Waals surface area contributed by atoms with Crippen molar-refractivity contribution in [3.8, 4) is 0 Å². The van der Waals surface area contributed by atoms with Crippen molar-refractivity contribution in [3.63, 3.8) is 0 Å². The molecular weight excluding hydrogens is 290 g/mol. The van der Waals surface area contributed by atoms with Crippen LogP contribution in [-0.4, -0.2) is 73.9 Å². The van der Waals surface area contributed by atoms with Crippen molar-refractivity contribution in [1.29, 1.82) is 0 Å². The van der Waals surface area contributed by atoms with Crippen LogP contribution in [0.2, 0.25) is 0 Å². The van der Waals surface area contributed by atoms with Crippen LogP contribution in [0, 0.1) is 0 Å². The molecule has 0 rings (SSSR count). The van der Waals surface area contributed by atoms with Crippen LogP contribution in [0.3, 0.4) is 0 Å². The third-order valence-corrected chi connectivity index (χ3v) is 3.74. The molecule has 0 aromatic heterocycles. The summed E-state index contributed by atoms with van der Waals surface area (Å²) >= 11 is 0. The van der Waals surface area contributed by atoms with E-state index in [1.54, 1.807) is 6.92 Å². The molecule has 0 aromatic carbocycles. The van der Waals surface area contributed by atoms with Gasteiger partial charge in [-0.15, -0.1) is 0 Å². The molecule has 6 atom stereocenters. The average molecular weight is 323 g/mol. The minimum atomic E-state index is -1.76. The summed E-state index contributed by atoms with van der Waals surface area (Å²) < 4.78 is 0. The minimum Gasteiger partial charge on any atom is -0.390 e. The van der Waals surface area contributed by atoms with E-state index < -0.39 is 36.7 Å². The topological polar surface area (TPSA) is 133 Å². The zero-order chi connectivity index (χ0) is 17.1. The first-order valence-electron chi connectivity index (χ1n) is 8.18. The summed E-state index contributed by atoms with van der Waals surface area (Å²) in [7, 11) is 0. The second-order valence-corrected chi connectivity index (χ2v) is 5.78. The molecular formula is C15H33NO6. The molecule has 7 N–H and O–H groups in total. The predicted octanol–water partition coefficient (Wildman–Crippen LogP) is -0.921. The molecule has 0 aliphatic rings. The van der Waals surface area contributed by atoms with Gasteiger partial charge in [-0.1, -0.05) is 39.5 Å². The summed E-state index contributed by atoms with van der Waals surface area (Å²) in [6.45, 7) is 4.36. The number of aliphatic hydroxyl groups excluding tert-OH is 6. The van der Waals surface area contributed by atoms with Gasteiger partial charge in [-0.2, -0.15) is 0 Å². The van der Waals surface area contributed by atoms with Gasteiger partial charge in [0.1, 0.15) is 30.6 Å². The second kappa shape index (κ2) is 12.2. The molecule has 0 saturated heterocycles. The summed E-state index contributed by atoms with van der Waals surface area (Å²) in [5.41, 5.74) is 0. The van der Waals surface area contributed by atoms with Gasteiger partial charge in [-0.3, -0.25) is 5.32 Å². The van der Waals surface area contributed by atoms with Crippen LogP contribution >= 0.6 is 0 Å². The van der Waals surface area contributed by atoms with Gasteiger partial charge in [0.25, 0.3) is 0 Å². The Labute approximate surface area is 132 Å². The molecule has 0 fully saturated rings. The van der Waals surface area contributed by atoms with E-state index in [4.69, 9.17) is 0 Å². The Bertz CT molecular complexity index is 268. The van der Waals surface area contributed by atoms with E-state index in [9.17, 15) is 30.6 Å². The number of aliphatic hydroxyl groups is 6. The third kappa shape index (κ3) is 7.82. The van der Waals surface area contributed by atoms with E-state index >= 15 is 0 Å². The Morgan fingerprint density at radius 1 is 0.682 bits per heavy atom. The fraction of sp³-hybridized carbons (Fsp3) is 1.00. The first-order valence-corrected chi connectivity index (χ1v) is 8.18. The first kappa shape index (κ1) is 21.7. The fourth-order valence-electron chi connectivity index (χ4n) is 2.21. The monoisotopic (exact) mass is 323 g/mol. The number of rotatable bonds is 13. The van der Waals surface area contributed by atoms with Gasteiger partial charge in [0, 0.05) is 0 Å². The van der Waals surface area contributed by atoms with Crippen molar-refractivity contribution in [2.24, 2.45) is 0 Å². The fourth-order valence-corrected chi connectivity index (χ4v) is 2.21. The van der Waals surface area contributed by atoms with Crippen LogP contribution < -0.4 is 5.32 Å². The molecule has 0 aliphatic heterocycles. The lowest BCUT2D eigenvalue weighted by Crippen LogP contribution is -2.55. The molecule has 0 amide bonds. The lowest BCUT2D eigenvalue weighted by Gasteiger charge is -2.31. The number of hydrogen-bond donors (Lipinski definition) is 7. The molecule has 7 heteroatoms. The highest BCUT2D eigenvalue weighted by Crippen LogP contribution is 2.13. The van der Waals surface area contributed by atoms with Crippen LogP contribution in [0.1, 0.15) is 52.4 Å². The summed E-state index contributed by atoms with van der Waals surface area (Å²) in [6.07, 6.45) is -4.49. The molecule has 7 nitrogen and oxygen atoms in total. The van der Waals surface area contributed by atoms with Gasteiger partial charge in [0.05, 0.1) is 6.10 Å². The van der Waals surface area contributed by atoms with Crippen LogP contribution in [0.4, 0.5) is 0 Å². The zero-order valence-electron chi connectivity index (χ0n) is 13.6. The molecule has 0 saturated carbocycles. The molecule has 134 valence electrons. The first-order chi connectivity index (χ1) is 10.4. The largest absolute Gasteiger partial charge is 0.390 e. The Morgan fingerprint density at radius 3 is 1.82 bits per heavy atom. The lowest BCUT2D eigenvalue weighted by molar-refractivity contribution is -0.157. The van der Waals surface area contributed by atoms with E-state index in [2.05, 4.69) is 12.2 Å². The van der Waals surface area contributed by atoms with E-state index in [-0.39, 0.29) is 6.42 Å². The summed E-state index contributed by atoms with van der Waals surface area (Å²) in [5, 5.41) is 61.1. The molecule has 0 spiro atoms. The van der Waals surface area contributed by atoms with Crippen molar-refractivity contribution in [1.82, 2.24) is 5.32 Å². The maximum Gasteiger partial charge on any atom is 0.133 e. The highest BCUT2D eigenvalue weighted by molar-refractivity contribution is 4.86. The molecule has 0 aliphatic carbocycles. The number of nitrogens with one attached hydrogen (secondary N) is 1. The minimum absolute atomic E-state index is 0.263. The molecule has 22 heavy (non-hydrogen) atoms. The van der Waals surface area contributed by atoms with Crippen molar-refractivity contribution in [2.75, 3.05) is 6.54 Å². The van der Waals surface area contributed by atoms with Crippen molar-refractivity contribution in [3.05, 3.63) is 0 Å². The summed E-state index contributed by atoms with van der Waals surface area (Å²) in [4.78, 5) is 0. The van der Waals surface area contributed by atoms with Crippen LogP contribution in [0.15, 0.2) is 0 Å². The molecule has 0 heterocycles. The standard InChI is InChI=1S/C15H33NO6/c1-3-5-6-7-9-16-15(22)14(21)13(20)12(19)11(18)10(17)8-4-2/h10-22H,3-9H2,1-2H3/t10?,11-,12+,13-,14-,15?/m0/s1. The Kier molecular flexibility index (Phi) is 12.0. The van der Waals surface area contributed by atoms with Crippen molar-refractivity contribution < 1.29 is 30.6 Å². The van der Waals surface area contributed by atoms with Gasteiger partial charge in [-0.05, 0) is 19.4 Å². The van der Waals surface area contributed by atoms with Gasteiger partial charge in [0.15, 0.2) is 0 Å². The van der Waals surface area contributed by atoms with E-state index in [0.717, 1.165) is 25.7 Å². The third-order valence-electron chi connectivity index (χ3n) is 3.74. The molecule has 0 aromatic rings. The summed E-state index contributed by atoms with van der Waals surface area (Å²) in [5.74, 6) is 0. The van der Waals surface area contributed by atoms with Crippen molar-refractivity contribution >= 4 is 0 Å². The average Bonchev–Trinajstić information content (AvgIpc) is 2.51.